The maximum absolute atomic E-state index is 12.4. The molecule has 1 saturated heterocycles. The van der Waals surface area contributed by atoms with Crippen LogP contribution in [0, 0.1) is 0 Å². The second-order valence-electron chi connectivity index (χ2n) is 9.56. The summed E-state index contributed by atoms with van der Waals surface area (Å²) in [5.74, 6) is -0.463. The Hall–Kier alpha value is -3.29. The summed E-state index contributed by atoms with van der Waals surface area (Å²) in [6, 6.07) is 0. The third-order valence-corrected chi connectivity index (χ3v) is 10.1. The number of nitrogens with zero attached hydrogens (tertiary/aromatic N) is 6. The summed E-state index contributed by atoms with van der Waals surface area (Å²) in [5.41, 5.74) is 9.01. The van der Waals surface area contributed by atoms with Gasteiger partial charge in [-0.25, -0.2) is 24.1 Å². The van der Waals surface area contributed by atoms with Crippen LogP contribution in [0.3, 0.4) is 0 Å². The first kappa shape index (κ1) is 35.0. The zero-order valence-electron chi connectivity index (χ0n) is 23.1. The number of aromatic nitrogens is 8. The third-order valence-electron chi connectivity index (χ3n) is 6.30. The van der Waals surface area contributed by atoms with E-state index in [2.05, 4.69) is 73.5 Å². The van der Waals surface area contributed by atoms with E-state index in [-0.39, 0.29) is 49.7 Å². The lowest BCUT2D eigenvalue weighted by Crippen LogP contribution is -2.33. The maximum atomic E-state index is 12.4. The molecular formula is C20H24N10O13P2S2. The summed E-state index contributed by atoms with van der Waals surface area (Å²) in [6.45, 7) is -1.99. The predicted octanol–water partition coefficient (Wildman–Crippen LogP) is -2.23. The molecule has 5 rings (SSSR count). The minimum Gasteiger partial charge on any atom is -0.387 e. The minimum atomic E-state index is -5.42. The molecule has 1 aliphatic heterocycles. The Morgan fingerprint density at radius 3 is 2.34 bits per heavy atom. The Morgan fingerprint density at radius 1 is 1.00 bits per heavy atom. The van der Waals surface area contributed by atoms with Gasteiger partial charge in [0.1, 0.15) is 24.4 Å². The molecule has 4 aromatic rings. The van der Waals surface area contributed by atoms with Crippen molar-refractivity contribution in [3.05, 3.63) is 43.8 Å². The molecule has 0 bridgehead atoms. The zero-order chi connectivity index (χ0) is 34.4. The van der Waals surface area contributed by atoms with Crippen molar-refractivity contribution in [3.8, 4) is 0 Å². The van der Waals surface area contributed by atoms with Crippen molar-refractivity contribution in [3.63, 3.8) is 0 Å². The highest BCUT2D eigenvalue weighted by Gasteiger charge is 2.46. The van der Waals surface area contributed by atoms with Crippen LogP contribution in [0.2, 0.25) is 0 Å². The highest BCUT2D eigenvalue weighted by molar-refractivity contribution is 7.93. The van der Waals surface area contributed by atoms with Crippen LogP contribution in [-0.4, -0.2) is 102 Å². The van der Waals surface area contributed by atoms with Crippen molar-refractivity contribution in [1.82, 2.24) is 39.5 Å². The average Bonchev–Trinajstić information content (AvgIpc) is 3.53. The molecule has 0 amide bonds. The molecule has 0 radical (unpaired) electrons. The van der Waals surface area contributed by atoms with Gasteiger partial charge in [0, 0.05) is 9.81 Å². The number of fused-ring (bicyclic) bond motifs is 2. The van der Waals surface area contributed by atoms with Gasteiger partial charge in [-0.1, -0.05) is 0 Å². The van der Waals surface area contributed by atoms with Crippen LogP contribution in [0.5, 0.6) is 0 Å². The van der Waals surface area contributed by atoms with E-state index in [0.717, 1.165) is 17.1 Å². The van der Waals surface area contributed by atoms with Crippen molar-refractivity contribution in [2.24, 2.45) is 0 Å². The number of nitrogens with two attached hydrogens (primary N) is 2. The summed E-state index contributed by atoms with van der Waals surface area (Å²) >= 11 is 8.28. The number of ether oxygens (including phenoxy) is 1. The summed E-state index contributed by atoms with van der Waals surface area (Å²) in [4.78, 5) is 67.8. The number of imidazole rings is 1. The lowest BCUT2D eigenvalue weighted by atomic mass is 10.1. The topological polar surface area (TPSA) is 359 Å². The van der Waals surface area contributed by atoms with E-state index in [4.69, 9.17) is 16.2 Å². The summed E-state index contributed by atoms with van der Waals surface area (Å²) < 4.78 is 44.9. The molecule has 0 aromatic carbocycles. The van der Waals surface area contributed by atoms with Crippen molar-refractivity contribution < 1.29 is 52.3 Å². The molecule has 27 heteroatoms. The van der Waals surface area contributed by atoms with E-state index >= 15 is 0 Å². The third kappa shape index (κ3) is 7.57. The van der Waals surface area contributed by atoms with Crippen LogP contribution in [0.4, 0.5) is 11.9 Å². The van der Waals surface area contributed by atoms with E-state index < -0.39 is 70.6 Å². The second-order valence-corrected chi connectivity index (χ2v) is 13.5. The Labute approximate surface area is 270 Å². The van der Waals surface area contributed by atoms with Crippen LogP contribution in [0.25, 0.3) is 27.2 Å². The normalized spacial score (nSPS) is 23.8. The van der Waals surface area contributed by atoms with Crippen LogP contribution < -0.4 is 22.6 Å². The molecule has 1 aliphatic rings. The number of phosphoric ester groups is 2. The number of anilines is 2. The average molecular weight is 739 g/mol. The fourth-order valence-electron chi connectivity index (χ4n) is 4.15. The molecule has 254 valence electrons. The molecule has 0 aliphatic carbocycles. The van der Waals surface area contributed by atoms with Crippen LogP contribution >= 0.6 is 40.9 Å². The van der Waals surface area contributed by atoms with E-state index in [0.29, 0.717) is 0 Å². The van der Waals surface area contributed by atoms with Crippen LogP contribution in [0.15, 0.2) is 27.0 Å². The Kier molecular flexibility index (Phi) is 9.92. The molecule has 1 fully saturated rings. The number of aliphatic hydroxyl groups is 3. The molecule has 0 spiro atoms. The van der Waals surface area contributed by atoms with E-state index in [1.807, 2.05) is 0 Å². The van der Waals surface area contributed by atoms with Crippen molar-refractivity contribution >= 4 is 80.0 Å². The van der Waals surface area contributed by atoms with E-state index in [1.165, 1.54) is 0 Å². The SMILES string of the molecule is Nc1nc2ncc(C(S)=C(S)C(O)COP(=O)(O)OP(=O)(O)OCC3OC(n4cnc5c(=O)[nH]c(N)nc54)C(O)C3O)nc2c(=O)[nH]1. The summed E-state index contributed by atoms with van der Waals surface area (Å²) in [7, 11) is -10.8. The summed E-state index contributed by atoms with van der Waals surface area (Å²) in [5, 5.41) is 31.3. The number of nitrogens with one attached hydrogen (secondary N) is 2. The molecular weight excluding hydrogens is 714 g/mol. The lowest BCUT2D eigenvalue weighted by molar-refractivity contribution is -0.0504. The number of thiol groups is 2. The number of H-pyrrole nitrogens is 2. The van der Waals surface area contributed by atoms with Crippen molar-refractivity contribution in [2.75, 3.05) is 24.7 Å². The number of aromatic amines is 2. The van der Waals surface area contributed by atoms with Gasteiger partial charge in [0.2, 0.25) is 11.9 Å². The van der Waals surface area contributed by atoms with Crippen LogP contribution in [0.1, 0.15) is 11.9 Å². The van der Waals surface area contributed by atoms with Gasteiger partial charge < -0.3 is 41.3 Å². The number of hydrogen-bond acceptors (Lipinski definition) is 20. The number of nitrogen functional groups attached to an aromatic ring is 2. The molecule has 7 atom stereocenters. The number of hydrogen-bond donors (Lipinski definition) is 11. The van der Waals surface area contributed by atoms with Gasteiger partial charge in [-0.05, 0) is 0 Å². The quantitative estimate of drug-likeness (QED) is 0.0572. The number of rotatable bonds is 11. The first-order valence-corrected chi connectivity index (χ1v) is 16.6. The second kappa shape index (κ2) is 13.3. The molecule has 11 N–H and O–H groups in total. The van der Waals surface area contributed by atoms with Crippen molar-refractivity contribution in [1.29, 1.82) is 0 Å². The van der Waals surface area contributed by atoms with Gasteiger partial charge in [0.15, 0.2) is 28.6 Å². The highest BCUT2D eigenvalue weighted by Crippen LogP contribution is 2.60. The lowest BCUT2D eigenvalue weighted by Gasteiger charge is -2.20. The first-order valence-electron chi connectivity index (χ1n) is 12.7. The maximum Gasteiger partial charge on any atom is 0.481 e. The fourth-order valence-corrected chi connectivity index (χ4v) is 6.68. The van der Waals surface area contributed by atoms with Gasteiger partial charge in [0.25, 0.3) is 11.1 Å². The Morgan fingerprint density at radius 2 is 1.64 bits per heavy atom. The van der Waals surface area contributed by atoms with E-state index in [9.17, 15) is 43.8 Å². The number of aliphatic hydroxyl groups excluding tert-OH is 3. The molecule has 23 nitrogen and oxygen atoms in total. The van der Waals surface area contributed by atoms with Crippen molar-refractivity contribution in [2.45, 2.75) is 30.6 Å². The smallest absolute Gasteiger partial charge is 0.387 e. The minimum absolute atomic E-state index is 0.0578. The van der Waals surface area contributed by atoms with Gasteiger partial charge >= 0.3 is 15.6 Å². The monoisotopic (exact) mass is 738 g/mol. The van der Waals surface area contributed by atoms with Gasteiger partial charge in [-0.3, -0.25) is 33.2 Å². The van der Waals surface area contributed by atoms with Crippen LogP contribution in [-0.2, 0) is 27.2 Å². The molecule has 47 heavy (non-hydrogen) atoms. The fraction of sp³-hybridized carbons (Fsp3) is 0.350. The molecule has 5 heterocycles. The standard InChI is InChI=1S/C20H24N10O13P2S2/c21-19-26-14-8(16(34)28-19)25-5(1-23-14)12(46)13(47)6(31)2-40-44(36,37)43-45(38,39)41-3-7-10(32)11(33)18(42-7)30-4-24-9-15(30)27-20(22)29-17(9)35/h1,4,6-7,10-11,18,31-33,46-47H,2-3H2,(H,36,37)(H,38,39)(H3,22,27,29,35)(H3,21,23,26,28,34). The largest absolute Gasteiger partial charge is 0.481 e. The Bertz CT molecular complexity index is 2090. The summed E-state index contributed by atoms with van der Waals surface area (Å²) in [6.07, 6.45) is -5.91. The first-order chi connectivity index (χ1) is 22.0. The van der Waals surface area contributed by atoms with E-state index in [1.54, 1.807) is 0 Å². The predicted molar refractivity (Wildman–Crippen MR) is 164 cm³/mol. The van der Waals surface area contributed by atoms with Gasteiger partial charge in [-0.15, -0.1) is 25.3 Å². The van der Waals surface area contributed by atoms with Gasteiger partial charge in [-0.2, -0.15) is 14.3 Å². The molecule has 4 aromatic heterocycles. The molecule has 7 unspecified atom stereocenters. The number of phosphoric acid groups is 2. The Balaban J connectivity index is 1.19. The molecule has 0 saturated carbocycles. The van der Waals surface area contributed by atoms with Gasteiger partial charge in [0.05, 0.1) is 31.4 Å². The highest BCUT2D eigenvalue weighted by atomic mass is 32.1. The zero-order valence-corrected chi connectivity index (χ0v) is 26.7.